The van der Waals surface area contributed by atoms with Gasteiger partial charge in [0.05, 0.1) is 6.10 Å². The SMILES string of the molecule is C=C1CCC(O)C/C1=C/C=C1\CCC[C@@]2(C)C1CCC2C(C)/C=C/C(C)C(C)C. The van der Waals surface area contributed by atoms with Gasteiger partial charge in [-0.25, -0.2) is 0 Å². The molecule has 3 aliphatic rings. The van der Waals surface area contributed by atoms with Gasteiger partial charge in [-0.05, 0) is 91.9 Å². The summed E-state index contributed by atoms with van der Waals surface area (Å²) in [4.78, 5) is 0. The Morgan fingerprint density at radius 1 is 1.03 bits per heavy atom. The first kappa shape index (κ1) is 22.6. The van der Waals surface area contributed by atoms with E-state index in [4.69, 9.17) is 0 Å². The molecule has 29 heavy (non-hydrogen) atoms. The van der Waals surface area contributed by atoms with Crippen LogP contribution >= 0.6 is 0 Å². The molecule has 6 atom stereocenters. The van der Waals surface area contributed by atoms with Gasteiger partial charge in [-0.1, -0.05) is 76.6 Å². The van der Waals surface area contributed by atoms with Gasteiger partial charge in [-0.3, -0.25) is 0 Å². The third kappa shape index (κ3) is 4.98. The summed E-state index contributed by atoms with van der Waals surface area (Å²) >= 11 is 0. The van der Waals surface area contributed by atoms with Crippen LogP contribution in [0, 0.1) is 35.0 Å². The van der Waals surface area contributed by atoms with Crippen molar-refractivity contribution in [2.45, 2.75) is 92.1 Å². The Bertz CT molecular complexity index is 678. The first-order valence-electron chi connectivity index (χ1n) is 12.2. The van der Waals surface area contributed by atoms with E-state index in [2.05, 4.69) is 65.5 Å². The van der Waals surface area contributed by atoms with Gasteiger partial charge in [0.2, 0.25) is 0 Å². The van der Waals surface area contributed by atoms with Gasteiger partial charge >= 0.3 is 0 Å². The zero-order chi connectivity index (χ0) is 21.2. The van der Waals surface area contributed by atoms with E-state index in [0.29, 0.717) is 17.3 Å². The number of rotatable bonds is 5. The molecule has 0 aromatic carbocycles. The van der Waals surface area contributed by atoms with E-state index < -0.39 is 0 Å². The van der Waals surface area contributed by atoms with Gasteiger partial charge in [-0.15, -0.1) is 0 Å². The fourth-order valence-electron chi connectivity index (χ4n) is 6.25. The molecule has 0 aliphatic heterocycles. The Kier molecular flexibility index (Phi) is 7.31. The van der Waals surface area contributed by atoms with E-state index in [1.54, 1.807) is 5.57 Å². The van der Waals surface area contributed by atoms with Crippen LogP contribution in [0.4, 0.5) is 0 Å². The fourth-order valence-corrected chi connectivity index (χ4v) is 6.25. The minimum atomic E-state index is -0.182. The molecule has 162 valence electrons. The second-order valence-electron chi connectivity index (χ2n) is 10.9. The highest BCUT2D eigenvalue weighted by atomic mass is 16.3. The Morgan fingerprint density at radius 2 is 1.79 bits per heavy atom. The minimum absolute atomic E-state index is 0.182. The molecule has 0 amide bonds. The van der Waals surface area contributed by atoms with E-state index in [-0.39, 0.29) is 6.10 Å². The van der Waals surface area contributed by atoms with Crippen molar-refractivity contribution in [3.63, 3.8) is 0 Å². The molecule has 1 heteroatoms. The highest BCUT2D eigenvalue weighted by molar-refractivity contribution is 5.36. The predicted octanol–water partition coefficient (Wildman–Crippen LogP) is 7.64. The lowest BCUT2D eigenvalue weighted by Crippen LogP contribution is -2.35. The number of aliphatic hydroxyl groups is 1. The Labute approximate surface area is 180 Å². The van der Waals surface area contributed by atoms with E-state index in [0.717, 1.165) is 37.0 Å². The van der Waals surface area contributed by atoms with Gasteiger partial charge in [0.1, 0.15) is 0 Å². The Balaban J connectivity index is 1.75. The average molecular weight is 397 g/mol. The molecular formula is C28H44O. The zero-order valence-corrected chi connectivity index (χ0v) is 19.6. The first-order valence-corrected chi connectivity index (χ1v) is 12.2. The normalized spacial score (nSPS) is 38.2. The van der Waals surface area contributed by atoms with Crippen molar-refractivity contribution in [1.82, 2.24) is 0 Å². The van der Waals surface area contributed by atoms with Crippen molar-refractivity contribution in [3.8, 4) is 0 Å². The predicted molar refractivity (Wildman–Crippen MR) is 126 cm³/mol. The highest BCUT2D eigenvalue weighted by Gasteiger charge is 2.50. The lowest BCUT2D eigenvalue weighted by molar-refractivity contribution is 0.112. The lowest BCUT2D eigenvalue weighted by atomic mass is 9.61. The standard InChI is InChI=1S/C28H44O/c1-19(2)20(3)9-10-22(5)26-15-16-27-23(8-7-17-28(26,27)6)12-13-24-18-25(29)14-11-21(24)4/h9-10,12-13,19-20,22,25-27,29H,4,7-8,11,14-18H2,1-3,5-6H3/b10-9+,23-12+,24-13-/t20?,22?,25?,26?,27?,28-/m1/s1. The molecule has 1 nitrogen and oxygen atoms in total. The van der Waals surface area contributed by atoms with Crippen molar-refractivity contribution in [2.75, 3.05) is 0 Å². The molecular weight excluding hydrogens is 352 g/mol. The molecule has 3 fully saturated rings. The molecule has 3 rings (SSSR count). The Hall–Kier alpha value is -1.08. The van der Waals surface area contributed by atoms with E-state index in [1.807, 2.05) is 0 Å². The van der Waals surface area contributed by atoms with Crippen LogP contribution in [0.5, 0.6) is 0 Å². The van der Waals surface area contributed by atoms with Crippen molar-refractivity contribution in [3.05, 3.63) is 47.6 Å². The van der Waals surface area contributed by atoms with E-state index in [9.17, 15) is 5.11 Å². The first-order chi connectivity index (χ1) is 13.7. The quantitative estimate of drug-likeness (QED) is 0.473. The molecule has 0 saturated heterocycles. The van der Waals surface area contributed by atoms with Crippen molar-refractivity contribution in [2.24, 2.45) is 35.0 Å². The lowest BCUT2D eigenvalue weighted by Gasteiger charge is -2.44. The smallest absolute Gasteiger partial charge is 0.0583 e. The molecule has 0 aromatic rings. The Morgan fingerprint density at radius 3 is 2.52 bits per heavy atom. The number of aliphatic hydroxyl groups excluding tert-OH is 1. The maximum Gasteiger partial charge on any atom is 0.0583 e. The fraction of sp³-hybridized carbons (Fsp3) is 0.714. The number of hydrogen-bond acceptors (Lipinski definition) is 1. The molecule has 3 saturated carbocycles. The van der Waals surface area contributed by atoms with Crippen LogP contribution in [0.15, 0.2) is 47.6 Å². The largest absolute Gasteiger partial charge is 0.393 e. The molecule has 0 bridgehead atoms. The third-order valence-corrected chi connectivity index (χ3v) is 8.63. The summed E-state index contributed by atoms with van der Waals surface area (Å²) < 4.78 is 0. The third-order valence-electron chi connectivity index (χ3n) is 8.63. The summed E-state index contributed by atoms with van der Waals surface area (Å²) in [5, 5.41) is 10.0. The zero-order valence-electron chi connectivity index (χ0n) is 19.6. The van der Waals surface area contributed by atoms with Crippen molar-refractivity contribution < 1.29 is 5.11 Å². The summed E-state index contributed by atoms with van der Waals surface area (Å²) in [7, 11) is 0. The molecule has 0 spiro atoms. The van der Waals surface area contributed by atoms with Gasteiger partial charge in [0.15, 0.2) is 0 Å². The maximum atomic E-state index is 10.0. The van der Waals surface area contributed by atoms with Crippen LogP contribution in [0.1, 0.15) is 86.0 Å². The summed E-state index contributed by atoms with van der Waals surface area (Å²) in [6.07, 6.45) is 18.8. The topological polar surface area (TPSA) is 20.2 Å². The van der Waals surface area contributed by atoms with Gasteiger partial charge in [0.25, 0.3) is 0 Å². The van der Waals surface area contributed by atoms with Gasteiger partial charge in [0, 0.05) is 0 Å². The maximum absolute atomic E-state index is 10.0. The van der Waals surface area contributed by atoms with E-state index in [1.165, 1.54) is 43.3 Å². The van der Waals surface area contributed by atoms with Crippen molar-refractivity contribution >= 4 is 0 Å². The van der Waals surface area contributed by atoms with Crippen LogP contribution < -0.4 is 0 Å². The van der Waals surface area contributed by atoms with Crippen LogP contribution in [0.2, 0.25) is 0 Å². The monoisotopic (exact) mass is 396 g/mol. The number of hydrogen-bond donors (Lipinski definition) is 1. The van der Waals surface area contributed by atoms with Crippen LogP contribution in [-0.2, 0) is 0 Å². The minimum Gasteiger partial charge on any atom is -0.393 e. The molecule has 0 aromatic heterocycles. The highest BCUT2D eigenvalue weighted by Crippen LogP contribution is 2.59. The van der Waals surface area contributed by atoms with Crippen LogP contribution in [-0.4, -0.2) is 11.2 Å². The van der Waals surface area contributed by atoms with Gasteiger partial charge < -0.3 is 5.11 Å². The second-order valence-corrected chi connectivity index (χ2v) is 10.9. The summed E-state index contributed by atoms with van der Waals surface area (Å²) in [6.45, 7) is 16.3. The van der Waals surface area contributed by atoms with Crippen LogP contribution in [0.3, 0.4) is 0 Å². The number of allylic oxidation sites excluding steroid dienone is 6. The number of fused-ring (bicyclic) bond motifs is 1. The van der Waals surface area contributed by atoms with Crippen LogP contribution in [0.25, 0.3) is 0 Å². The molecule has 1 N–H and O–H groups in total. The molecule has 3 aliphatic carbocycles. The molecule has 5 unspecified atom stereocenters. The van der Waals surface area contributed by atoms with E-state index >= 15 is 0 Å². The van der Waals surface area contributed by atoms with Crippen molar-refractivity contribution in [1.29, 1.82) is 0 Å². The summed E-state index contributed by atoms with van der Waals surface area (Å²) in [5.41, 5.74) is 4.61. The second kappa shape index (κ2) is 9.38. The molecule has 0 radical (unpaired) electrons. The average Bonchev–Trinajstić information content (AvgIpc) is 3.04. The summed E-state index contributed by atoms with van der Waals surface area (Å²) in [6, 6.07) is 0. The molecule has 0 heterocycles. The summed E-state index contributed by atoms with van der Waals surface area (Å²) in [5.74, 6) is 3.58. The van der Waals surface area contributed by atoms with Gasteiger partial charge in [-0.2, -0.15) is 0 Å².